The lowest BCUT2D eigenvalue weighted by atomic mass is 10.1. The number of ether oxygens (including phenoxy) is 2. The molecule has 0 bridgehead atoms. The van der Waals surface area contributed by atoms with Crippen LogP contribution in [0.3, 0.4) is 0 Å². The molecule has 0 saturated heterocycles. The molecule has 2 N–H and O–H groups in total. The van der Waals surface area contributed by atoms with Gasteiger partial charge in [-0.3, -0.25) is 9.59 Å². The fraction of sp³-hybridized carbons (Fsp3) is 0.471. The number of rotatable bonds is 8. The van der Waals surface area contributed by atoms with E-state index in [-0.39, 0.29) is 30.3 Å². The molecule has 2 atom stereocenters. The molecular weight excluding hydrogens is 312 g/mol. The van der Waals surface area contributed by atoms with E-state index in [0.29, 0.717) is 30.8 Å². The van der Waals surface area contributed by atoms with Gasteiger partial charge in [-0.05, 0) is 25.5 Å². The highest BCUT2D eigenvalue weighted by atomic mass is 16.5. The lowest BCUT2D eigenvalue weighted by Gasteiger charge is -2.10. The van der Waals surface area contributed by atoms with Crippen LogP contribution < -0.4 is 10.6 Å². The lowest BCUT2D eigenvalue weighted by Crippen LogP contribution is -2.30. The van der Waals surface area contributed by atoms with E-state index >= 15 is 0 Å². The monoisotopic (exact) mass is 334 g/mol. The van der Waals surface area contributed by atoms with Gasteiger partial charge < -0.3 is 20.1 Å². The summed E-state index contributed by atoms with van der Waals surface area (Å²) >= 11 is 0. The number of benzene rings is 1. The maximum Gasteiger partial charge on any atom is 0.340 e. The summed E-state index contributed by atoms with van der Waals surface area (Å²) in [6.07, 6.45) is 0.506. The first-order chi connectivity index (χ1) is 11.6. The zero-order valence-electron chi connectivity index (χ0n) is 13.8. The van der Waals surface area contributed by atoms with Crippen molar-refractivity contribution >= 4 is 23.5 Å². The summed E-state index contributed by atoms with van der Waals surface area (Å²) in [5.41, 5.74) is 0.695. The van der Waals surface area contributed by atoms with Gasteiger partial charge in [-0.25, -0.2) is 4.79 Å². The van der Waals surface area contributed by atoms with Crippen LogP contribution in [-0.2, 0) is 19.1 Å². The number of amides is 2. The minimum Gasteiger partial charge on any atom is -0.462 e. The third-order valence-corrected chi connectivity index (χ3v) is 3.75. The van der Waals surface area contributed by atoms with E-state index in [1.54, 1.807) is 38.3 Å². The quantitative estimate of drug-likeness (QED) is 0.550. The van der Waals surface area contributed by atoms with Crippen molar-refractivity contribution in [1.82, 2.24) is 5.32 Å². The van der Waals surface area contributed by atoms with E-state index in [9.17, 15) is 14.4 Å². The SMILES string of the molecule is CCOC(=O)c1ccccc1NC(=O)C1CC1C(=O)NCCOC. The fourth-order valence-electron chi connectivity index (χ4n) is 2.39. The van der Waals surface area contributed by atoms with Crippen molar-refractivity contribution in [3.63, 3.8) is 0 Å². The summed E-state index contributed by atoms with van der Waals surface area (Å²) in [6.45, 7) is 2.83. The van der Waals surface area contributed by atoms with Gasteiger partial charge in [0.2, 0.25) is 11.8 Å². The molecule has 0 heterocycles. The van der Waals surface area contributed by atoms with Crippen LogP contribution in [0, 0.1) is 11.8 Å². The van der Waals surface area contributed by atoms with Crippen molar-refractivity contribution in [3.8, 4) is 0 Å². The van der Waals surface area contributed by atoms with Crippen LogP contribution in [0.2, 0.25) is 0 Å². The van der Waals surface area contributed by atoms with Gasteiger partial charge >= 0.3 is 5.97 Å². The molecule has 1 saturated carbocycles. The van der Waals surface area contributed by atoms with E-state index in [4.69, 9.17) is 9.47 Å². The van der Waals surface area contributed by atoms with E-state index in [1.165, 1.54) is 0 Å². The second kappa shape index (κ2) is 8.44. The van der Waals surface area contributed by atoms with Crippen molar-refractivity contribution in [2.75, 3.05) is 32.2 Å². The number of anilines is 1. The van der Waals surface area contributed by atoms with Crippen LogP contribution in [0.1, 0.15) is 23.7 Å². The molecule has 1 aromatic rings. The minimum atomic E-state index is -0.488. The Balaban J connectivity index is 1.92. The number of carbonyl (C=O) groups excluding carboxylic acids is 3. The second-order valence-corrected chi connectivity index (χ2v) is 5.49. The first-order valence-corrected chi connectivity index (χ1v) is 7.92. The summed E-state index contributed by atoms with van der Waals surface area (Å²) in [4.78, 5) is 36.1. The molecule has 1 aliphatic rings. The molecule has 7 nitrogen and oxygen atoms in total. The first kappa shape index (κ1) is 17.9. The Morgan fingerprint density at radius 2 is 1.88 bits per heavy atom. The Morgan fingerprint density at radius 1 is 1.17 bits per heavy atom. The van der Waals surface area contributed by atoms with Gasteiger partial charge in [-0.1, -0.05) is 12.1 Å². The van der Waals surface area contributed by atoms with Crippen LogP contribution in [0.4, 0.5) is 5.69 Å². The Labute approximate surface area is 140 Å². The zero-order valence-corrected chi connectivity index (χ0v) is 13.8. The number of nitrogens with one attached hydrogen (secondary N) is 2. The topological polar surface area (TPSA) is 93.7 Å². The Hall–Kier alpha value is -2.41. The summed E-state index contributed by atoms with van der Waals surface area (Å²) in [7, 11) is 1.56. The van der Waals surface area contributed by atoms with E-state index in [1.807, 2.05) is 0 Å². The van der Waals surface area contributed by atoms with Gasteiger partial charge in [-0.15, -0.1) is 0 Å². The molecule has 0 aliphatic heterocycles. The molecule has 1 aliphatic carbocycles. The Kier molecular flexibility index (Phi) is 6.31. The third kappa shape index (κ3) is 4.55. The molecule has 0 spiro atoms. The predicted molar refractivity (Wildman–Crippen MR) is 87.5 cm³/mol. The van der Waals surface area contributed by atoms with Crippen molar-refractivity contribution in [1.29, 1.82) is 0 Å². The van der Waals surface area contributed by atoms with Crippen LogP contribution in [0.25, 0.3) is 0 Å². The van der Waals surface area contributed by atoms with Crippen molar-refractivity contribution < 1.29 is 23.9 Å². The number of carbonyl (C=O) groups is 3. The number of hydrogen-bond acceptors (Lipinski definition) is 5. The Bertz CT molecular complexity index is 617. The molecule has 0 aromatic heterocycles. The predicted octanol–water partition coefficient (Wildman–Crippen LogP) is 1.20. The minimum absolute atomic E-state index is 0.147. The van der Waals surface area contributed by atoms with Crippen LogP contribution in [-0.4, -0.2) is 44.7 Å². The maximum atomic E-state index is 12.3. The molecule has 2 unspecified atom stereocenters. The lowest BCUT2D eigenvalue weighted by molar-refractivity contribution is -0.125. The van der Waals surface area contributed by atoms with Crippen LogP contribution >= 0.6 is 0 Å². The van der Waals surface area contributed by atoms with E-state index in [2.05, 4.69) is 10.6 Å². The van der Waals surface area contributed by atoms with Gasteiger partial charge in [0, 0.05) is 13.7 Å². The number of para-hydroxylation sites is 1. The second-order valence-electron chi connectivity index (χ2n) is 5.49. The molecule has 1 aromatic carbocycles. The molecule has 0 radical (unpaired) electrons. The largest absolute Gasteiger partial charge is 0.462 e. The molecule has 2 amide bonds. The molecule has 2 rings (SSSR count). The fourth-order valence-corrected chi connectivity index (χ4v) is 2.39. The smallest absolute Gasteiger partial charge is 0.340 e. The number of esters is 1. The summed E-state index contributed by atoms with van der Waals surface area (Å²) in [5, 5.41) is 5.44. The van der Waals surface area contributed by atoms with Crippen LogP contribution in [0.5, 0.6) is 0 Å². The highest BCUT2D eigenvalue weighted by molar-refractivity contribution is 6.04. The first-order valence-electron chi connectivity index (χ1n) is 7.92. The van der Waals surface area contributed by atoms with Crippen molar-refractivity contribution in [2.45, 2.75) is 13.3 Å². The molecular formula is C17H22N2O5. The highest BCUT2D eigenvalue weighted by Gasteiger charge is 2.48. The molecule has 130 valence electrons. The number of hydrogen-bond donors (Lipinski definition) is 2. The standard InChI is InChI=1S/C17H22N2O5/c1-3-24-17(22)11-6-4-5-7-14(11)19-16(21)13-10-12(13)15(20)18-8-9-23-2/h4-7,12-13H,3,8-10H2,1-2H3,(H,18,20)(H,19,21). The van der Waals surface area contributed by atoms with Gasteiger partial charge in [-0.2, -0.15) is 0 Å². The van der Waals surface area contributed by atoms with Gasteiger partial charge in [0.05, 0.1) is 36.3 Å². The maximum absolute atomic E-state index is 12.3. The van der Waals surface area contributed by atoms with Crippen molar-refractivity contribution in [2.24, 2.45) is 11.8 Å². The van der Waals surface area contributed by atoms with Gasteiger partial charge in [0.15, 0.2) is 0 Å². The third-order valence-electron chi connectivity index (χ3n) is 3.75. The zero-order chi connectivity index (χ0) is 17.5. The van der Waals surface area contributed by atoms with Gasteiger partial charge in [0.25, 0.3) is 0 Å². The summed E-state index contributed by atoms with van der Waals surface area (Å²) < 4.78 is 9.84. The highest BCUT2D eigenvalue weighted by Crippen LogP contribution is 2.39. The normalized spacial score (nSPS) is 18.6. The van der Waals surface area contributed by atoms with Gasteiger partial charge in [0.1, 0.15) is 0 Å². The number of methoxy groups -OCH3 is 1. The van der Waals surface area contributed by atoms with E-state index < -0.39 is 5.97 Å². The molecule has 7 heteroatoms. The Morgan fingerprint density at radius 3 is 2.58 bits per heavy atom. The van der Waals surface area contributed by atoms with Crippen molar-refractivity contribution in [3.05, 3.63) is 29.8 Å². The average Bonchev–Trinajstić information content (AvgIpc) is 3.36. The average molecular weight is 334 g/mol. The molecule has 24 heavy (non-hydrogen) atoms. The summed E-state index contributed by atoms with van der Waals surface area (Å²) in [6, 6.07) is 6.65. The van der Waals surface area contributed by atoms with Crippen LogP contribution in [0.15, 0.2) is 24.3 Å². The van der Waals surface area contributed by atoms with E-state index in [0.717, 1.165) is 0 Å². The summed E-state index contributed by atoms with van der Waals surface area (Å²) in [5.74, 6) is -1.60. The molecule has 1 fully saturated rings.